The summed E-state index contributed by atoms with van der Waals surface area (Å²) in [5.41, 5.74) is 6.97. The molecule has 0 unspecified atom stereocenters. The maximum atomic E-state index is 11.4. The molecule has 0 bridgehead atoms. The number of nitrogen functional groups attached to an aromatic ring is 1. The summed E-state index contributed by atoms with van der Waals surface area (Å²) in [6.07, 6.45) is 0.140. The summed E-state index contributed by atoms with van der Waals surface area (Å²) in [6.45, 7) is -0.221. The maximum absolute atomic E-state index is 11.4. The van der Waals surface area contributed by atoms with Gasteiger partial charge in [0.1, 0.15) is 0 Å². The van der Waals surface area contributed by atoms with Gasteiger partial charge < -0.3 is 15.4 Å². The quantitative estimate of drug-likeness (QED) is 0.608. The van der Waals surface area contributed by atoms with Crippen molar-refractivity contribution in [1.29, 1.82) is 0 Å². The van der Waals surface area contributed by atoms with Crippen molar-refractivity contribution in [2.75, 3.05) is 26.4 Å². The Hall–Kier alpha value is -2.04. The van der Waals surface area contributed by atoms with Crippen molar-refractivity contribution < 1.29 is 14.3 Å². The fraction of sp³-hybridized carbons (Fsp3) is 0.333. The fourth-order valence-electron chi connectivity index (χ4n) is 1.12. The lowest BCUT2D eigenvalue weighted by atomic mass is 10.1. The number of benzene rings is 1. The highest BCUT2D eigenvalue weighted by molar-refractivity contribution is 5.80. The van der Waals surface area contributed by atoms with Gasteiger partial charge in [0.2, 0.25) is 0 Å². The minimum Gasteiger partial charge on any atom is -0.455 e. The Balaban J connectivity index is 2.40. The molecular weight excluding hydrogens is 220 g/mol. The average molecular weight is 236 g/mol. The normalized spacial score (nSPS) is 9.76. The predicted octanol–water partition coefficient (Wildman–Crippen LogP) is 0.443. The standard InChI is InChI=1S/C12H16N2O3/c1-14(2)11(15)8-17-12(16)7-9-3-5-10(13)6-4-9/h3-6H,7-8,13H2,1-2H3. The van der Waals surface area contributed by atoms with Crippen LogP contribution in [-0.4, -0.2) is 37.5 Å². The lowest BCUT2D eigenvalue weighted by molar-refractivity contribution is -0.150. The number of hydrogen-bond acceptors (Lipinski definition) is 4. The molecule has 5 nitrogen and oxygen atoms in total. The number of amides is 1. The number of likely N-dealkylation sites (N-methyl/N-ethyl adjacent to an activating group) is 1. The Labute approximate surface area is 100 Å². The van der Waals surface area contributed by atoms with E-state index < -0.39 is 5.97 Å². The van der Waals surface area contributed by atoms with Crippen LogP contribution in [-0.2, 0) is 20.7 Å². The van der Waals surface area contributed by atoms with Crippen LogP contribution in [0, 0.1) is 0 Å². The minimum absolute atomic E-state index is 0.140. The van der Waals surface area contributed by atoms with E-state index >= 15 is 0 Å². The molecule has 0 spiro atoms. The average Bonchev–Trinajstić information content (AvgIpc) is 2.29. The number of rotatable bonds is 4. The molecule has 0 aliphatic carbocycles. The predicted molar refractivity (Wildman–Crippen MR) is 64.2 cm³/mol. The van der Waals surface area contributed by atoms with E-state index in [1.54, 1.807) is 38.4 Å². The van der Waals surface area contributed by atoms with Crippen LogP contribution in [0.3, 0.4) is 0 Å². The Morgan fingerprint density at radius 3 is 2.35 bits per heavy atom. The lowest BCUT2D eigenvalue weighted by Gasteiger charge is -2.10. The molecule has 0 saturated carbocycles. The first-order valence-corrected chi connectivity index (χ1v) is 5.19. The molecule has 0 radical (unpaired) electrons. The number of hydrogen-bond donors (Lipinski definition) is 1. The number of nitrogens with two attached hydrogens (primary N) is 1. The first kappa shape index (κ1) is 13.0. The van der Waals surface area contributed by atoms with Crippen molar-refractivity contribution in [2.45, 2.75) is 6.42 Å². The van der Waals surface area contributed by atoms with E-state index in [-0.39, 0.29) is 18.9 Å². The Morgan fingerprint density at radius 2 is 1.82 bits per heavy atom. The van der Waals surface area contributed by atoms with Crippen LogP contribution in [0.4, 0.5) is 5.69 Å². The number of nitrogens with zero attached hydrogens (tertiary/aromatic N) is 1. The Morgan fingerprint density at radius 1 is 1.24 bits per heavy atom. The Bertz CT molecular complexity index is 399. The first-order valence-electron chi connectivity index (χ1n) is 5.19. The summed E-state index contributed by atoms with van der Waals surface area (Å²) in [4.78, 5) is 23.9. The second-order valence-electron chi connectivity index (χ2n) is 3.87. The molecular formula is C12H16N2O3. The number of carbonyl (C=O) groups is 2. The van der Waals surface area contributed by atoms with E-state index in [1.807, 2.05) is 0 Å². The van der Waals surface area contributed by atoms with Crippen molar-refractivity contribution in [1.82, 2.24) is 4.90 Å². The maximum Gasteiger partial charge on any atom is 0.310 e. The molecule has 0 aliphatic rings. The van der Waals surface area contributed by atoms with Gasteiger partial charge in [-0.25, -0.2) is 0 Å². The van der Waals surface area contributed by atoms with E-state index in [0.717, 1.165) is 5.56 Å². The summed E-state index contributed by atoms with van der Waals surface area (Å²) < 4.78 is 4.84. The van der Waals surface area contributed by atoms with Gasteiger partial charge in [-0.15, -0.1) is 0 Å². The molecule has 0 aliphatic heterocycles. The molecule has 1 aromatic rings. The van der Waals surface area contributed by atoms with Crippen molar-refractivity contribution in [2.24, 2.45) is 0 Å². The van der Waals surface area contributed by atoms with Crippen LogP contribution in [0.1, 0.15) is 5.56 Å². The van der Waals surface area contributed by atoms with Crippen molar-refractivity contribution in [3.63, 3.8) is 0 Å². The van der Waals surface area contributed by atoms with E-state index in [9.17, 15) is 9.59 Å². The SMILES string of the molecule is CN(C)C(=O)COC(=O)Cc1ccc(N)cc1. The summed E-state index contributed by atoms with van der Waals surface area (Å²) in [5, 5.41) is 0. The summed E-state index contributed by atoms with van der Waals surface area (Å²) in [7, 11) is 3.21. The molecule has 1 amide bonds. The molecule has 92 valence electrons. The highest BCUT2D eigenvalue weighted by atomic mass is 16.5. The summed E-state index contributed by atoms with van der Waals surface area (Å²) >= 11 is 0. The largest absolute Gasteiger partial charge is 0.455 e. The van der Waals surface area contributed by atoms with Crippen molar-refractivity contribution >= 4 is 17.6 Å². The smallest absolute Gasteiger partial charge is 0.310 e. The number of carbonyl (C=O) groups excluding carboxylic acids is 2. The molecule has 5 heteroatoms. The molecule has 0 heterocycles. The third-order valence-corrected chi connectivity index (χ3v) is 2.18. The van der Waals surface area contributed by atoms with Crippen LogP contribution < -0.4 is 5.73 Å². The van der Waals surface area contributed by atoms with Gasteiger partial charge in [-0.1, -0.05) is 12.1 Å². The monoisotopic (exact) mass is 236 g/mol. The first-order chi connectivity index (χ1) is 7.99. The van der Waals surface area contributed by atoms with Crippen molar-refractivity contribution in [3.8, 4) is 0 Å². The summed E-state index contributed by atoms with van der Waals surface area (Å²) in [6, 6.07) is 6.94. The second-order valence-corrected chi connectivity index (χ2v) is 3.87. The Kier molecular flexibility index (Phi) is 4.51. The van der Waals surface area contributed by atoms with Gasteiger partial charge >= 0.3 is 5.97 Å². The number of anilines is 1. The topological polar surface area (TPSA) is 72.6 Å². The molecule has 0 fully saturated rings. The van der Waals surface area contributed by atoms with Crippen LogP contribution in [0.2, 0.25) is 0 Å². The molecule has 1 rings (SSSR count). The molecule has 0 atom stereocenters. The van der Waals surface area contributed by atoms with Crippen LogP contribution >= 0.6 is 0 Å². The third-order valence-electron chi connectivity index (χ3n) is 2.18. The molecule has 2 N–H and O–H groups in total. The van der Waals surface area contributed by atoms with Crippen molar-refractivity contribution in [3.05, 3.63) is 29.8 Å². The highest BCUT2D eigenvalue weighted by Gasteiger charge is 2.09. The van der Waals surface area contributed by atoms with Gasteiger partial charge in [0.25, 0.3) is 5.91 Å². The zero-order chi connectivity index (χ0) is 12.8. The second kappa shape index (κ2) is 5.89. The van der Waals surface area contributed by atoms with Gasteiger partial charge in [0.15, 0.2) is 6.61 Å². The third kappa shape index (κ3) is 4.55. The van der Waals surface area contributed by atoms with E-state index in [4.69, 9.17) is 10.5 Å². The van der Waals surface area contributed by atoms with Crippen LogP contribution in [0.5, 0.6) is 0 Å². The van der Waals surface area contributed by atoms with E-state index in [2.05, 4.69) is 0 Å². The number of ether oxygens (including phenoxy) is 1. The van der Waals surface area contributed by atoms with Gasteiger partial charge in [-0.2, -0.15) is 0 Å². The van der Waals surface area contributed by atoms with Crippen LogP contribution in [0.25, 0.3) is 0 Å². The van der Waals surface area contributed by atoms with E-state index in [0.29, 0.717) is 5.69 Å². The summed E-state index contributed by atoms with van der Waals surface area (Å²) in [5.74, 6) is -0.666. The number of esters is 1. The molecule has 0 aromatic heterocycles. The fourth-order valence-corrected chi connectivity index (χ4v) is 1.12. The molecule has 1 aromatic carbocycles. The zero-order valence-electron chi connectivity index (χ0n) is 9.97. The lowest BCUT2D eigenvalue weighted by Crippen LogP contribution is -2.27. The van der Waals surface area contributed by atoms with Gasteiger partial charge in [-0.05, 0) is 17.7 Å². The van der Waals surface area contributed by atoms with Crippen LogP contribution in [0.15, 0.2) is 24.3 Å². The van der Waals surface area contributed by atoms with Gasteiger partial charge in [0, 0.05) is 19.8 Å². The minimum atomic E-state index is -0.426. The highest BCUT2D eigenvalue weighted by Crippen LogP contribution is 2.06. The van der Waals surface area contributed by atoms with Gasteiger partial charge in [0.05, 0.1) is 6.42 Å². The molecule has 0 saturated heterocycles. The van der Waals surface area contributed by atoms with Gasteiger partial charge in [-0.3, -0.25) is 9.59 Å². The van der Waals surface area contributed by atoms with E-state index in [1.165, 1.54) is 4.90 Å². The molecule has 17 heavy (non-hydrogen) atoms. The zero-order valence-corrected chi connectivity index (χ0v) is 9.97.